The molecule has 8 heteroatoms. The van der Waals surface area contributed by atoms with E-state index in [0.717, 1.165) is 7.11 Å². The van der Waals surface area contributed by atoms with Crippen molar-refractivity contribution in [2.24, 2.45) is 5.73 Å². The molecular weight excluding hydrogens is 286 g/mol. The molecule has 7 nitrogen and oxygen atoms in total. The maximum atomic E-state index is 12.3. The summed E-state index contributed by atoms with van der Waals surface area (Å²) < 4.78 is 0. The number of hydrogen-bond acceptors (Lipinski definition) is 4. The second kappa shape index (κ2) is 6.36. The first kappa shape index (κ1) is 15.9. The molecule has 108 valence electrons. The van der Waals surface area contributed by atoms with Gasteiger partial charge in [-0.05, 0) is 24.6 Å². The summed E-state index contributed by atoms with van der Waals surface area (Å²) in [5.74, 6) is -1.64. The number of primary amides is 1. The third-order valence-corrected chi connectivity index (χ3v) is 2.76. The number of hydroxylamine groups is 2. The predicted molar refractivity (Wildman–Crippen MR) is 72.3 cm³/mol. The molecule has 0 saturated carbocycles. The van der Waals surface area contributed by atoms with E-state index in [-0.39, 0.29) is 16.1 Å². The summed E-state index contributed by atoms with van der Waals surface area (Å²) in [6, 6.07) is 1.96. The molecular formula is C12H14ClN3O4. The normalized spacial score (nSPS) is 10.0. The van der Waals surface area contributed by atoms with Crippen molar-refractivity contribution in [2.45, 2.75) is 6.92 Å². The first-order valence-electron chi connectivity index (χ1n) is 5.53. The summed E-state index contributed by atoms with van der Waals surface area (Å²) in [4.78, 5) is 40.0. The van der Waals surface area contributed by atoms with E-state index in [9.17, 15) is 14.4 Å². The predicted octanol–water partition coefficient (Wildman–Crippen LogP) is 1.09. The van der Waals surface area contributed by atoms with Gasteiger partial charge in [-0.3, -0.25) is 14.4 Å². The largest absolute Gasteiger partial charge is 0.366 e. The van der Waals surface area contributed by atoms with Gasteiger partial charge in [0.2, 0.25) is 5.91 Å². The highest BCUT2D eigenvalue weighted by atomic mass is 35.5. The maximum absolute atomic E-state index is 12.3. The number of nitrogens with one attached hydrogen (secondary N) is 1. The Morgan fingerprint density at radius 2 is 1.95 bits per heavy atom. The molecule has 1 rings (SSSR count). The van der Waals surface area contributed by atoms with Crippen LogP contribution in [0.15, 0.2) is 12.1 Å². The number of benzene rings is 1. The van der Waals surface area contributed by atoms with E-state index < -0.39 is 17.8 Å². The third-order valence-electron chi connectivity index (χ3n) is 2.54. The van der Waals surface area contributed by atoms with Crippen molar-refractivity contribution < 1.29 is 19.2 Å². The van der Waals surface area contributed by atoms with Crippen molar-refractivity contribution in [1.82, 2.24) is 10.4 Å². The molecule has 0 aliphatic rings. The molecule has 0 atom stereocenters. The maximum Gasteiger partial charge on any atom is 0.348 e. The zero-order chi connectivity index (χ0) is 15.4. The fourth-order valence-electron chi connectivity index (χ4n) is 1.71. The average molecular weight is 300 g/mol. The second-order valence-electron chi connectivity index (χ2n) is 3.85. The Balaban J connectivity index is 3.41. The molecule has 0 aromatic heterocycles. The molecule has 4 amide bonds. The zero-order valence-corrected chi connectivity index (χ0v) is 11.9. The van der Waals surface area contributed by atoms with Crippen LogP contribution in [-0.4, -0.2) is 37.1 Å². The summed E-state index contributed by atoms with van der Waals surface area (Å²) in [5, 5.41) is 2.95. The standard InChI is InChI=1S/C12H14ClN3O4/c1-6-4-7(13)5-8(9(6)10(14)17)11(18)16(20-3)12(19)15-2/h4-5H,1-3H3,(H2,14,17)(H,15,19). The molecule has 3 N–H and O–H groups in total. The van der Waals surface area contributed by atoms with Crippen LogP contribution in [0, 0.1) is 6.92 Å². The number of amides is 4. The van der Waals surface area contributed by atoms with E-state index in [1.165, 1.54) is 19.2 Å². The van der Waals surface area contributed by atoms with Gasteiger partial charge < -0.3 is 11.1 Å². The van der Waals surface area contributed by atoms with Gasteiger partial charge in [-0.1, -0.05) is 11.6 Å². The number of rotatable bonds is 3. The first-order chi connectivity index (χ1) is 9.33. The number of imide groups is 1. The third kappa shape index (κ3) is 3.06. The van der Waals surface area contributed by atoms with Gasteiger partial charge in [0.1, 0.15) is 0 Å². The molecule has 0 spiro atoms. The van der Waals surface area contributed by atoms with Gasteiger partial charge >= 0.3 is 6.03 Å². The molecule has 0 fully saturated rings. The molecule has 1 aromatic rings. The highest BCUT2D eigenvalue weighted by molar-refractivity contribution is 6.31. The molecule has 0 aliphatic heterocycles. The first-order valence-corrected chi connectivity index (χ1v) is 5.91. The number of nitrogens with zero attached hydrogens (tertiary/aromatic N) is 1. The number of nitrogens with two attached hydrogens (primary N) is 1. The van der Waals surface area contributed by atoms with Crippen LogP contribution in [0.25, 0.3) is 0 Å². The number of carbonyl (C=O) groups is 3. The molecule has 0 saturated heterocycles. The quantitative estimate of drug-likeness (QED) is 0.816. The van der Waals surface area contributed by atoms with Crippen molar-refractivity contribution >= 4 is 29.4 Å². The minimum Gasteiger partial charge on any atom is -0.366 e. The summed E-state index contributed by atoms with van der Waals surface area (Å²) in [5.41, 5.74) is 5.58. The van der Waals surface area contributed by atoms with E-state index in [4.69, 9.17) is 22.2 Å². The number of aryl methyl sites for hydroxylation is 1. The van der Waals surface area contributed by atoms with Gasteiger partial charge in [-0.2, -0.15) is 0 Å². The Hall–Kier alpha value is -2.12. The minimum atomic E-state index is -0.841. The van der Waals surface area contributed by atoms with E-state index in [1.54, 1.807) is 6.92 Å². The highest BCUT2D eigenvalue weighted by Crippen LogP contribution is 2.22. The molecule has 20 heavy (non-hydrogen) atoms. The SMILES string of the molecule is CNC(=O)N(OC)C(=O)c1cc(Cl)cc(C)c1C(N)=O. The van der Waals surface area contributed by atoms with Crippen LogP contribution in [0.5, 0.6) is 0 Å². The van der Waals surface area contributed by atoms with Crippen LogP contribution in [0.2, 0.25) is 5.02 Å². The van der Waals surface area contributed by atoms with Gasteiger partial charge in [0, 0.05) is 12.1 Å². The minimum absolute atomic E-state index is 0.00893. The van der Waals surface area contributed by atoms with Gasteiger partial charge in [0.05, 0.1) is 18.2 Å². The fraction of sp³-hybridized carbons (Fsp3) is 0.250. The van der Waals surface area contributed by atoms with Crippen molar-refractivity contribution in [3.05, 3.63) is 33.8 Å². The van der Waals surface area contributed by atoms with Gasteiger partial charge in [0.15, 0.2) is 0 Å². The van der Waals surface area contributed by atoms with Crippen molar-refractivity contribution in [1.29, 1.82) is 0 Å². The average Bonchev–Trinajstić information content (AvgIpc) is 2.37. The van der Waals surface area contributed by atoms with Crippen LogP contribution in [0.4, 0.5) is 4.79 Å². The van der Waals surface area contributed by atoms with Gasteiger partial charge in [0.25, 0.3) is 5.91 Å². The van der Waals surface area contributed by atoms with E-state index in [2.05, 4.69) is 5.32 Å². The van der Waals surface area contributed by atoms with Crippen LogP contribution < -0.4 is 11.1 Å². The summed E-state index contributed by atoms with van der Waals surface area (Å²) in [6.07, 6.45) is 0. The van der Waals surface area contributed by atoms with Gasteiger partial charge in [-0.15, -0.1) is 5.06 Å². The Labute approximate surface area is 120 Å². The highest BCUT2D eigenvalue weighted by Gasteiger charge is 2.27. The van der Waals surface area contributed by atoms with Gasteiger partial charge in [-0.25, -0.2) is 4.79 Å². The van der Waals surface area contributed by atoms with Crippen LogP contribution in [-0.2, 0) is 4.84 Å². The Bertz CT molecular complexity index is 574. The molecule has 0 bridgehead atoms. The van der Waals surface area contributed by atoms with Crippen LogP contribution in [0.1, 0.15) is 26.3 Å². The number of hydrogen-bond donors (Lipinski definition) is 2. The number of halogens is 1. The summed E-state index contributed by atoms with van der Waals surface area (Å²) >= 11 is 5.87. The molecule has 0 heterocycles. The van der Waals surface area contributed by atoms with E-state index in [0.29, 0.717) is 10.6 Å². The van der Waals surface area contributed by atoms with E-state index in [1.807, 2.05) is 0 Å². The fourth-order valence-corrected chi connectivity index (χ4v) is 1.98. The van der Waals surface area contributed by atoms with Crippen molar-refractivity contribution in [3.8, 4) is 0 Å². The summed E-state index contributed by atoms with van der Waals surface area (Å²) in [7, 11) is 2.48. The van der Waals surface area contributed by atoms with Crippen LogP contribution in [0.3, 0.4) is 0 Å². The smallest absolute Gasteiger partial charge is 0.348 e. The lowest BCUT2D eigenvalue weighted by molar-refractivity contribution is -0.0584. The number of carbonyl (C=O) groups excluding carboxylic acids is 3. The molecule has 0 radical (unpaired) electrons. The lowest BCUT2D eigenvalue weighted by Gasteiger charge is -2.19. The molecule has 0 aliphatic carbocycles. The number of urea groups is 1. The lowest BCUT2D eigenvalue weighted by Crippen LogP contribution is -2.42. The van der Waals surface area contributed by atoms with Crippen LogP contribution >= 0.6 is 11.6 Å². The lowest BCUT2D eigenvalue weighted by atomic mass is 10.0. The Morgan fingerprint density at radius 3 is 2.40 bits per heavy atom. The summed E-state index contributed by atoms with van der Waals surface area (Å²) in [6.45, 7) is 1.58. The second-order valence-corrected chi connectivity index (χ2v) is 4.28. The topological polar surface area (TPSA) is 102 Å². The zero-order valence-electron chi connectivity index (χ0n) is 11.2. The van der Waals surface area contributed by atoms with Crippen molar-refractivity contribution in [3.63, 3.8) is 0 Å². The molecule has 0 unspecified atom stereocenters. The van der Waals surface area contributed by atoms with E-state index >= 15 is 0 Å². The monoisotopic (exact) mass is 299 g/mol. The van der Waals surface area contributed by atoms with Crippen molar-refractivity contribution in [2.75, 3.05) is 14.2 Å². The molecule has 1 aromatic carbocycles. The Kier molecular flexibility index (Phi) is 5.06. The Morgan fingerprint density at radius 1 is 1.35 bits per heavy atom.